The van der Waals surface area contributed by atoms with E-state index < -0.39 is 46.9 Å². The number of rotatable bonds is 5. The lowest BCUT2D eigenvalue weighted by Gasteiger charge is -2.30. The molecule has 3 amide bonds. The van der Waals surface area contributed by atoms with Gasteiger partial charge in [0.1, 0.15) is 23.2 Å². The highest BCUT2D eigenvalue weighted by molar-refractivity contribution is 6.31. The maximum Gasteiger partial charge on any atom is 0.252 e. The van der Waals surface area contributed by atoms with Gasteiger partial charge in [0.05, 0.1) is 17.9 Å². The highest BCUT2D eigenvalue weighted by atomic mass is 35.5. The number of carbonyl (C=O) groups excluding carboxylic acids is 3. The molecule has 1 aliphatic rings. The van der Waals surface area contributed by atoms with Gasteiger partial charge < -0.3 is 20.4 Å². The number of carbonyl (C=O) groups is 3. The second-order valence-electron chi connectivity index (χ2n) is 9.24. The lowest BCUT2D eigenvalue weighted by molar-refractivity contribution is -0.130. The smallest absolute Gasteiger partial charge is 0.252 e. The van der Waals surface area contributed by atoms with Crippen LogP contribution in [-0.4, -0.2) is 47.9 Å². The van der Waals surface area contributed by atoms with Gasteiger partial charge in [0, 0.05) is 41.7 Å². The van der Waals surface area contributed by atoms with Crippen LogP contribution in [0.1, 0.15) is 24.2 Å². The van der Waals surface area contributed by atoms with Crippen molar-refractivity contribution >= 4 is 46.4 Å². The maximum absolute atomic E-state index is 14.1. The Morgan fingerprint density at radius 1 is 1.03 bits per heavy atom. The fraction of sp³-hybridized carbons (Fsp3) is 0.231. The first kappa shape index (κ1) is 26.9. The molecule has 2 N–H and O–H groups in total. The summed E-state index contributed by atoms with van der Waals surface area (Å²) in [6.45, 7) is 2.64. The zero-order valence-corrected chi connectivity index (χ0v) is 21.3. The van der Waals surface area contributed by atoms with E-state index in [1.807, 2.05) is 0 Å². The molecule has 0 saturated heterocycles. The summed E-state index contributed by atoms with van der Waals surface area (Å²) < 4.78 is 41.7. The van der Waals surface area contributed by atoms with Gasteiger partial charge >= 0.3 is 0 Å². The number of hydrogen-bond acceptors (Lipinski definition) is 5. The van der Waals surface area contributed by atoms with Gasteiger partial charge in [-0.2, -0.15) is 4.39 Å². The molecule has 2 heterocycles. The third-order valence-corrected chi connectivity index (χ3v) is 6.27. The highest BCUT2D eigenvalue weighted by Crippen LogP contribution is 2.39. The number of nitrogens with zero attached hydrogens (tertiary/aromatic N) is 3. The van der Waals surface area contributed by atoms with Crippen molar-refractivity contribution in [1.29, 1.82) is 0 Å². The highest BCUT2D eigenvalue weighted by Gasteiger charge is 2.38. The summed E-state index contributed by atoms with van der Waals surface area (Å²) in [5, 5.41) is 5.47. The normalized spacial score (nSPS) is 15.6. The van der Waals surface area contributed by atoms with E-state index in [2.05, 4.69) is 15.6 Å². The monoisotopic (exact) mass is 545 g/mol. The predicted octanol–water partition coefficient (Wildman–Crippen LogP) is 3.96. The Hall–Kier alpha value is -4.12. The second-order valence-corrected chi connectivity index (χ2v) is 9.68. The van der Waals surface area contributed by atoms with Crippen molar-refractivity contribution in [2.24, 2.45) is 0 Å². The topological polar surface area (TPSA) is 94.6 Å². The van der Waals surface area contributed by atoms with E-state index in [4.69, 9.17) is 11.6 Å². The summed E-state index contributed by atoms with van der Waals surface area (Å²) in [6, 6.07) is 8.65. The van der Waals surface area contributed by atoms with Crippen LogP contribution in [0, 0.1) is 17.6 Å². The first-order chi connectivity index (χ1) is 17.9. The van der Waals surface area contributed by atoms with Gasteiger partial charge in [-0.3, -0.25) is 14.4 Å². The van der Waals surface area contributed by atoms with Gasteiger partial charge in [0.25, 0.3) is 11.8 Å². The van der Waals surface area contributed by atoms with Crippen LogP contribution in [-0.2, 0) is 9.59 Å². The third-order valence-electron chi connectivity index (χ3n) is 6.03. The molecule has 0 bridgehead atoms. The van der Waals surface area contributed by atoms with Crippen molar-refractivity contribution in [2.45, 2.75) is 25.4 Å². The second kappa shape index (κ2) is 10.3. The summed E-state index contributed by atoms with van der Waals surface area (Å²) in [5.74, 6) is -4.48. The van der Waals surface area contributed by atoms with Crippen molar-refractivity contribution in [3.8, 4) is 0 Å². The number of hydrogen-bond donors (Lipinski definition) is 2. The largest absolute Gasteiger partial charge is 0.341 e. The number of fused-ring (bicyclic) bond motifs is 1. The average Bonchev–Trinajstić information content (AvgIpc) is 2.93. The minimum Gasteiger partial charge on any atom is -0.341 e. The zero-order valence-electron chi connectivity index (χ0n) is 20.6. The van der Waals surface area contributed by atoms with E-state index in [1.54, 1.807) is 12.1 Å². The molecule has 0 spiro atoms. The Balaban J connectivity index is 1.65. The van der Waals surface area contributed by atoms with Gasteiger partial charge in [0.2, 0.25) is 11.9 Å². The molecule has 0 aliphatic carbocycles. The molecule has 0 saturated carbocycles. The van der Waals surface area contributed by atoms with Crippen molar-refractivity contribution in [1.82, 2.24) is 15.6 Å². The molecule has 12 heteroatoms. The van der Waals surface area contributed by atoms with E-state index >= 15 is 0 Å². The number of halogens is 4. The minimum atomic E-state index is -1.53. The van der Waals surface area contributed by atoms with Crippen molar-refractivity contribution in [2.75, 3.05) is 23.4 Å². The summed E-state index contributed by atoms with van der Waals surface area (Å²) in [4.78, 5) is 45.5. The Morgan fingerprint density at radius 3 is 2.37 bits per heavy atom. The minimum absolute atomic E-state index is 0.0460. The lowest BCUT2D eigenvalue weighted by atomic mass is 10.0. The van der Waals surface area contributed by atoms with Crippen LogP contribution in [0.3, 0.4) is 0 Å². The van der Waals surface area contributed by atoms with Gasteiger partial charge in [-0.15, -0.1) is 0 Å². The van der Waals surface area contributed by atoms with E-state index in [0.717, 1.165) is 30.5 Å². The van der Waals surface area contributed by atoms with E-state index in [0.29, 0.717) is 16.4 Å². The van der Waals surface area contributed by atoms with Gasteiger partial charge in [-0.05, 0) is 50.2 Å². The molecular weight excluding hydrogens is 523 g/mol. The number of amides is 3. The van der Waals surface area contributed by atoms with E-state index in [-0.39, 0.29) is 17.8 Å². The standard InChI is InChI=1S/C26H23ClF3N5O3/c1-26(2,33-23(36)14-6-7-31-22(30)8-14)25(38)32-19-13-35(18-11-16(28)10-17(29)12-18)20-5-4-15(27)9-21(20)34(3)24(19)37/h4-12,19H,13H2,1-3H3,(H,32,38)(H,33,36)/t19-/m1/s1. The molecule has 0 fully saturated rings. The molecule has 1 atom stereocenters. The van der Waals surface area contributed by atoms with Crippen LogP contribution in [0.4, 0.5) is 30.2 Å². The van der Waals surface area contributed by atoms with Crippen molar-refractivity contribution in [3.63, 3.8) is 0 Å². The van der Waals surface area contributed by atoms with Gasteiger partial charge in [0.15, 0.2) is 0 Å². The van der Waals surface area contributed by atoms with Crippen LogP contribution in [0.5, 0.6) is 0 Å². The van der Waals surface area contributed by atoms with Crippen LogP contribution >= 0.6 is 11.6 Å². The fourth-order valence-electron chi connectivity index (χ4n) is 4.05. The molecular formula is C26H23ClF3N5O3. The Morgan fingerprint density at radius 2 is 1.71 bits per heavy atom. The number of likely N-dealkylation sites (N-methyl/N-ethyl adjacent to an activating group) is 1. The average molecular weight is 546 g/mol. The SMILES string of the molecule is CN1C(=O)[C@H](NC(=O)C(C)(C)NC(=O)c2ccnc(F)c2)CN(c2cc(F)cc(F)c2)c2ccc(Cl)cc21. The van der Waals surface area contributed by atoms with Crippen LogP contribution < -0.4 is 20.4 Å². The molecule has 1 aromatic heterocycles. The van der Waals surface area contributed by atoms with Crippen LogP contribution in [0.2, 0.25) is 5.02 Å². The van der Waals surface area contributed by atoms with Crippen molar-refractivity contribution in [3.05, 3.63) is 82.9 Å². The van der Waals surface area contributed by atoms with E-state index in [9.17, 15) is 27.6 Å². The molecule has 4 rings (SSSR count). The van der Waals surface area contributed by atoms with Crippen molar-refractivity contribution < 1.29 is 27.6 Å². The third kappa shape index (κ3) is 5.57. The Bertz CT molecular complexity index is 1410. The molecule has 2 aromatic carbocycles. The fourth-order valence-corrected chi connectivity index (χ4v) is 4.21. The van der Waals surface area contributed by atoms with Gasteiger partial charge in [-0.25, -0.2) is 13.8 Å². The quantitative estimate of drug-likeness (QED) is 0.473. The molecule has 0 unspecified atom stereocenters. The molecule has 8 nitrogen and oxygen atoms in total. The number of aromatic nitrogens is 1. The maximum atomic E-state index is 14.1. The van der Waals surface area contributed by atoms with Crippen LogP contribution in [0.15, 0.2) is 54.7 Å². The molecule has 3 aromatic rings. The first-order valence-corrected chi connectivity index (χ1v) is 11.8. The summed E-state index contributed by atoms with van der Waals surface area (Å²) >= 11 is 6.16. The molecule has 198 valence electrons. The number of nitrogens with one attached hydrogen (secondary N) is 2. The molecule has 1 aliphatic heterocycles. The Kier molecular flexibility index (Phi) is 7.32. The number of anilines is 3. The van der Waals surface area contributed by atoms with Gasteiger partial charge in [-0.1, -0.05) is 11.6 Å². The number of benzene rings is 2. The molecule has 0 radical (unpaired) electrons. The zero-order chi connectivity index (χ0) is 27.8. The summed E-state index contributed by atoms with van der Waals surface area (Å²) in [6.07, 6.45) is 1.12. The predicted molar refractivity (Wildman–Crippen MR) is 136 cm³/mol. The number of pyridine rings is 1. The summed E-state index contributed by atoms with van der Waals surface area (Å²) in [7, 11) is 1.48. The molecule has 38 heavy (non-hydrogen) atoms. The first-order valence-electron chi connectivity index (χ1n) is 11.4. The van der Waals surface area contributed by atoms with E-state index in [1.165, 1.54) is 42.8 Å². The lowest BCUT2D eigenvalue weighted by Crippen LogP contribution is -2.60. The summed E-state index contributed by atoms with van der Waals surface area (Å²) in [5.41, 5.74) is -0.681. The van der Waals surface area contributed by atoms with Crippen LogP contribution in [0.25, 0.3) is 0 Å². The Labute approximate surface area is 221 Å².